The van der Waals surface area contributed by atoms with Crippen LogP contribution in [0.3, 0.4) is 0 Å². The van der Waals surface area contributed by atoms with E-state index in [1.54, 1.807) is 18.2 Å². The Hall–Kier alpha value is -2.86. The van der Waals surface area contributed by atoms with Crippen molar-refractivity contribution in [3.63, 3.8) is 0 Å². The topological polar surface area (TPSA) is 59.9 Å². The minimum atomic E-state index is -0.325. The molecule has 0 saturated carbocycles. The van der Waals surface area contributed by atoms with Gasteiger partial charge in [-0.25, -0.2) is 9.37 Å². The van der Waals surface area contributed by atoms with Crippen molar-refractivity contribution in [3.8, 4) is 11.3 Å². The van der Waals surface area contributed by atoms with Crippen LogP contribution in [0.1, 0.15) is 18.4 Å². The zero-order valence-electron chi connectivity index (χ0n) is 14.9. The van der Waals surface area contributed by atoms with E-state index < -0.39 is 0 Å². The van der Waals surface area contributed by atoms with Crippen LogP contribution in [0.4, 0.5) is 10.3 Å². The molecule has 5 nitrogen and oxygen atoms in total. The SMILES string of the molecule is Fc1ccccc1-c1cnnc(NCC2(c3ccccc3)CCOCC2)n1. The van der Waals surface area contributed by atoms with E-state index in [4.69, 9.17) is 4.74 Å². The van der Waals surface area contributed by atoms with Gasteiger partial charge < -0.3 is 10.1 Å². The molecule has 27 heavy (non-hydrogen) atoms. The van der Waals surface area contributed by atoms with E-state index in [1.165, 1.54) is 17.8 Å². The second-order valence-corrected chi connectivity index (χ2v) is 6.76. The van der Waals surface area contributed by atoms with Gasteiger partial charge in [0.1, 0.15) is 5.82 Å². The highest BCUT2D eigenvalue weighted by Crippen LogP contribution is 2.35. The van der Waals surface area contributed by atoms with Gasteiger partial charge in [0.25, 0.3) is 0 Å². The van der Waals surface area contributed by atoms with Gasteiger partial charge in [-0.1, -0.05) is 42.5 Å². The Balaban J connectivity index is 1.57. The minimum absolute atomic E-state index is 0.0448. The Morgan fingerprint density at radius 2 is 1.74 bits per heavy atom. The third kappa shape index (κ3) is 3.80. The largest absolute Gasteiger partial charge is 0.381 e. The second kappa shape index (κ2) is 7.80. The predicted octanol–water partition coefficient (Wildman–Crippen LogP) is 3.84. The molecule has 0 amide bonds. The standard InChI is InChI=1S/C21H21FN4O/c22-18-9-5-4-8-17(18)19-14-24-26-20(25-19)23-15-21(10-12-27-13-11-21)16-6-2-1-3-7-16/h1-9,14H,10-13,15H2,(H,23,25,26). The molecule has 138 valence electrons. The number of anilines is 1. The van der Waals surface area contributed by atoms with Gasteiger partial charge in [0.05, 0.1) is 11.9 Å². The summed E-state index contributed by atoms with van der Waals surface area (Å²) >= 11 is 0. The molecule has 1 saturated heterocycles. The van der Waals surface area contributed by atoms with Crippen molar-refractivity contribution in [3.05, 3.63) is 72.2 Å². The summed E-state index contributed by atoms with van der Waals surface area (Å²) in [6.45, 7) is 2.12. The molecule has 0 atom stereocenters. The number of halogens is 1. The van der Waals surface area contributed by atoms with Crippen molar-refractivity contribution in [2.75, 3.05) is 25.1 Å². The number of hydrogen-bond acceptors (Lipinski definition) is 5. The van der Waals surface area contributed by atoms with Crippen molar-refractivity contribution < 1.29 is 9.13 Å². The Labute approximate surface area is 157 Å². The van der Waals surface area contributed by atoms with Gasteiger partial charge in [0, 0.05) is 30.7 Å². The first kappa shape index (κ1) is 17.5. The molecular weight excluding hydrogens is 343 g/mol. The average Bonchev–Trinajstić information content (AvgIpc) is 2.74. The first-order valence-corrected chi connectivity index (χ1v) is 9.09. The van der Waals surface area contributed by atoms with Crippen LogP contribution >= 0.6 is 0 Å². The maximum atomic E-state index is 14.0. The van der Waals surface area contributed by atoms with E-state index in [-0.39, 0.29) is 11.2 Å². The number of ether oxygens (including phenoxy) is 1. The second-order valence-electron chi connectivity index (χ2n) is 6.76. The van der Waals surface area contributed by atoms with Crippen LogP contribution in [0.15, 0.2) is 60.8 Å². The zero-order chi connectivity index (χ0) is 18.5. The van der Waals surface area contributed by atoms with Crippen LogP contribution in [0.25, 0.3) is 11.3 Å². The summed E-state index contributed by atoms with van der Waals surface area (Å²) < 4.78 is 19.6. The van der Waals surface area contributed by atoms with E-state index >= 15 is 0 Å². The molecule has 1 fully saturated rings. The molecule has 2 heterocycles. The summed E-state index contributed by atoms with van der Waals surface area (Å²) in [5, 5.41) is 11.4. The van der Waals surface area contributed by atoms with Gasteiger partial charge in [-0.05, 0) is 30.5 Å². The molecule has 0 bridgehead atoms. The van der Waals surface area contributed by atoms with E-state index in [1.807, 2.05) is 6.07 Å². The first-order chi connectivity index (χ1) is 13.3. The van der Waals surface area contributed by atoms with Crippen LogP contribution in [-0.4, -0.2) is 34.9 Å². The maximum absolute atomic E-state index is 14.0. The zero-order valence-corrected chi connectivity index (χ0v) is 14.9. The lowest BCUT2D eigenvalue weighted by Crippen LogP contribution is -2.40. The van der Waals surface area contributed by atoms with Crippen molar-refractivity contribution in [1.29, 1.82) is 0 Å². The van der Waals surface area contributed by atoms with Crippen LogP contribution in [-0.2, 0) is 10.2 Å². The molecule has 1 aliphatic heterocycles. The number of hydrogen-bond donors (Lipinski definition) is 1. The predicted molar refractivity (Wildman–Crippen MR) is 102 cm³/mol. The molecule has 3 aromatic rings. The lowest BCUT2D eigenvalue weighted by atomic mass is 9.74. The summed E-state index contributed by atoms with van der Waals surface area (Å²) in [5.41, 5.74) is 2.11. The molecule has 1 aliphatic rings. The van der Waals surface area contributed by atoms with Gasteiger partial charge in [0.15, 0.2) is 0 Å². The number of nitrogens with one attached hydrogen (secondary N) is 1. The highest BCUT2D eigenvalue weighted by Gasteiger charge is 2.34. The fourth-order valence-electron chi connectivity index (χ4n) is 3.55. The van der Waals surface area contributed by atoms with Gasteiger partial charge in [-0.2, -0.15) is 5.10 Å². The number of nitrogens with zero attached hydrogens (tertiary/aromatic N) is 3. The third-order valence-corrected chi connectivity index (χ3v) is 5.13. The van der Waals surface area contributed by atoms with Crippen LogP contribution in [0, 0.1) is 5.82 Å². The smallest absolute Gasteiger partial charge is 0.243 e. The summed E-state index contributed by atoms with van der Waals surface area (Å²) in [4.78, 5) is 4.46. The Kier molecular flexibility index (Phi) is 5.07. The molecule has 0 aliphatic carbocycles. The average molecular weight is 364 g/mol. The summed E-state index contributed by atoms with van der Waals surface area (Å²) in [6.07, 6.45) is 3.32. The lowest BCUT2D eigenvalue weighted by molar-refractivity contribution is 0.0543. The Morgan fingerprint density at radius 1 is 1.00 bits per heavy atom. The van der Waals surface area contributed by atoms with Gasteiger partial charge in [-0.15, -0.1) is 5.10 Å². The molecule has 6 heteroatoms. The molecule has 2 aromatic carbocycles. The van der Waals surface area contributed by atoms with E-state index in [0.717, 1.165) is 26.1 Å². The van der Waals surface area contributed by atoms with Crippen molar-refractivity contribution in [2.24, 2.45) is 0 Å². The maximum Gasteiger partial charge on any atom is 0.243 e. The van der Waals surface area contributed by atoms with Crippen molar-refractivity contribution in [1.82, 2.24) is 15.2 Å². The molecule has 4 rings (SSSR count). The number of rotatable bonds is 5. The summed E-state index contributed by atoms with van der Waals surface area (Å²) in [6, 6.07) is 17.0. The number of benzene rings is 2. The normalized spacial score (nSPS) is 16.0. The van der Waals surface area contributed by atoms with E-state index in [9.17, 15) is 4.39 Å². The molecular formula is C21H21FN4O. The molecule has 1 aromatic heterocycles. The number of aromatic nitrogens is 3. The third-order valence-electron chi connectivity index (χ3n) is 5.13. The highest BCUT2D eigenvalue weighted by atomic mass is 19.1. The molecule has 0 radical (unpaired) electrons. The van der Waals surface area contributed by atoms with Crippen LogP contribution in [0.5, 0.6) is 0 Å². The quantitative estimate of drug-likeness (QED) is 0.745. The summed E-state index contributed by atoms with van der Waals surface area (Å²) in [7, 11) is 0. The summed E-state index contributed by atoms with van der Waals surface area (Å²) in [5.74, 6) is 0.0756. The minimum Gasteiger partial charge on any atom is -0.381 e. The Morgan fingerprint density at radius 3 is 2.52 bits per heavy atom. The Bertz CT molecular complexity index is 897. The fraction of sp³-hybridized carbons (Fsp3) is 0.286. The van der Waals surface area contributed by atoms with Gasteiger partial charge >= 0.3 is 0 Å². The van der Waals surface area contributed by atoms with Crippen molar-refractivity contribution in [2.45, 2.75) is 18.3 Å². The van der Waals surface area contributed by atoms with Crippen molar-refractivity contribution >= 4 is 5.95 Å². The molecule has 0 spiro atoms. The van der Waals surface area contributed by atoms with E-state index in [0.29, 0.717) is 23.8 Å². The highest BCUT2D eigenvalue weighted by molar-refractivity contribution is 5.59. The van der Waals surface area contributed by atoms with Gasteiger partial charge in [-0.3, -0.25) is 0 Å². The van der Waals surface area contributed by atoms with Crippen LogP contribution in [0.2, 0.25) is 0 Å². The van der Waals surface area contributed by atoms with E-state index in [2.05, 4.69) is 44.8 Å². The van der Waals surface area contributed by atoms with Gasteiger partial charge in [0.2, 0.25) is 5.95 Å². The fourth-order valence-corrected chi connectivity index (χ4v) is 3.55. The molecule has 1 N–H and O–H groups in total. The first-order valence-electron chi connectivity index (χ1n) is 9.09. The monoisotopic (exact) mass is 364 g/mol. The lowest BCUT2D eigenvalue weighted by Gasteiger charge is -2.37. The molecule has 0 unspecified atom stereocenters. The van der Waals surface area contributed by atoms with Crippen LogP contribution < -0.4 is 5.32 Å².